The summed E-state index contributed by atoms with van der Waals surface area (Å²) >= 11 is 4.08. The minimum Gasteiger partial charge on any atom is -0.490 e. The van der Waals surface area contributed by atoms with Crippen molar-refractivity contribution in [2.75, 3.05) is 12.4 Å². The first-order valence-corrected chi connectivity index (χ1v) is 10.7. The van der Waals surface area contributed by atoms with Gasteiger partial charge in [-0.25, -0.2) is 0 Å². The Bertz CT molecular complexity index is 502. The van der Waals surface area contributed by atoms with Crippen LogP contribution in [0.3, 0.4) is 0 Å². The van der Waals surface area contributed by atoms with Crippen molar-refractivity contribution in [3.05, 3.63) is 9.75 Å². The third-order valence-electron chi connectivity index (χ3n) is 5.64. The minimum absolute atomic E-state index is 0.266. The molecule has 1 nitrogen and oxygen atoms in total. The number of ether oxygens (including phenoxy) is 1. The Morgan fingerprint density at radius 3 is 2.14 bits per heavy atom. The largest absolute Gasteiger partial charge is 0.490 e. The molecular weight excluding hydrogens is 308 g/mol. The van der Waals surface area contributed by atoms with Crippen LogP contribution in [0, 0.1) is 0 Å². The van der Waals surface area contributed by atoms with Gasteiger partial charge in [0.15, 0.2) is 0 Å². The third kappa shape index (κ3) is 3.08. The van der Waals surface area contributed by atoms with Crippen LogP contribution in [0.25, 0.3) is 0 Å². The molecule has 1 aliphatic heterocycles. The fourth-order valence-corrected chi connectivity index (χ4v) is 6.40. The van der Waals surface area contributed by atoms with E-state index in [9.17, 15) is 0 Å². The van der Waals surface area contributed by atoms with Gasteiger partial charge in [0.25, 0.3) is 0 Å². The molecule has 1 atom stereocenters. The maximum absolute atomic E-state index is 6.20. The fraction of sp³-hybridized carbons (Fsp3) is 0.789. The van der Waals surface area contributed by atoms with Crippen molar-refractivity contribution in [2.24, 2.45) is 0 Å². The zero-order chi connectivity index (χ0) is 16.4. The van der Waals surface area contributed by atoms with Crippen molar-refractivity contribution in [1.82, 2.24) is 0 Å². The van der Waals surface area contributed by atoms with Crippen molar-refractivity contribution in [1.29, 1.82) is 0 Å². The molecule has 22 heavy (non-hydrogen) atoms. The Morgan fingerprint density at radius 1 is 0.955 bits per heavy atom. The van der Waals surface area contributed by atoms with E-state index in [0.29, 0.717) is 5.41 Å². The van der Waals surface area contributed by atoms with Gasteiger partial charge in [0.2, 0.25) is 0 Å². The molecule has 0 aromatic carbocycles. The first-order valence-electron chi connectivity index (χ1n) is 8.89. The van der Waals surface area contributed by atoms with Gasteiger partial charge in [-0.2, -0.15) is 0 Å². The molecule has 2 heterocycles. The molecule has 126 valence electrons. The molecule has 1 unspecified atom stereocenters. The van der Waals surface area contributed by atoms with E-state index in [4.69, 9.17) is 4.74 Å². The van der Waals surface area contributed by atoms with Crippen molar-refractivity contribution in [2.45, 2.75) is 89.4 Å². The van der Waals surface area contributed by atoms with E-state index in [-0.39, 0.29) is 5.41 Å². The van der Waals surface area contributed by atoms with Gasteiger partial charge in [-0.1, -0.05) is 48.0 Å². The van der Waals surface area contributed by atoms with Crippen molar-refractivity contribution >= 4 is 23.1 Å². The first-order chi connectivity index (χ1) is 10.5. The lowest BCUT2D eigenvalue weighted by molar-refractivity contribution is 0.311. The average Bonchev–Trinajstić information content (AvgIpc) is 2.95. The predicted molar refractivity (Wildman–Crippen MR) is 101 cm³/mol. The van der Waals surface area contributed by atoms with Gasteiger partial charge in [-0.05, 0) is 25.7 Å². The maximum Gasteiger partial charge on any atom is 0.147 e. The predicted octanol–water partition coefficient (Wildman–Crippen LogP) is 6.78. The standard InChI is InChI=1S/C19H32OS2/c1-7-11-19(6,10-4)16-14-15(21-13-12-20-14)17(22-16)18(5,8-2)9-3/h7-13H2,1-6H3. The number of thioether (sulfide) groups is 1. The summed E-state index contributed by atoms with van der Waals surface area (Å²) in [6, 6.07) is 0. The summed E-state index contributed by atoms with van der Waals surface area (Å²) in [6.45, 7) is 15.0. The highest BCUT2D eigenvalue weighted by Gasteiger charge is 2.38. The van der Waals surface area contributed by atoms with Crippen LogP contribution in [0.2, 0.25) is 0 Å². The van der Waals surface area contributed by atoms with Crippen LogP contribution in [0.4, 0.5) is 0 Å². The lowest BCUT2D eigenvalue weighted by Crippen LogP contribution is -2.21. The van der Waals surface area contributed by atoms with Gasteiger partial charge in [0, 0.05) is 21.5 Å². The van der Waals surface area contributed by atoms with E-state index in [2.05, 4.69) is 52.9 Å². The molecule has 0 amide bonds. The molecular formula is C19H32OS2. The molecule has 0 bridgehead atoms. The molecule has 1 aromatic heterocycles. The Balaban J connectivity index is 2.59. The van der Waals surface area contributed by atoms with Crippen LogP contribution in [-0.4, -0.2) is 12.4 Å². The summed E-state index contributed by atoms with van der Waals surface area (Å²) in [7, 11) is 0. The van der Waals surface area contributed by atoms with Gasteiger partial charge in [0.05, 0.1) is 16.4 Å². The maximum atomic E-state index is 6.20. The van der Waals surface area contributed by atoms with Gasteiger partial charge >= 0.3 is 0 Å². The Kier molecular flexibility index (Phi) is 5.93. The minimum atomic E-state index is 0.266. The topological polar surface area (TPSA) is 9.23 Å². The molecule has 1 aromatic rings. The Morgan fingerprint density at radius 2 is 1.59 bits per heavy atom. The van der Waals surface area contributed by atoms with Crippen LogP contribution >= 0.6 is 23.1 Å². The summed E-state index contributed by atoms with van der Waals surface area (Å²) in [6.07, 6.45) is 6.08. The van der Waals surface area contributed by atoms with Crippen LogP contribution in [0.1, 0.15) is 83.4 Å². The van der Waals surface area contributed by atoms with E-state index in [1.165, 1.54) is 47.6 Å². The molecule has 3 heteroatoms. The van der Waals surface area contributed by atoms with E-state index in [1.807, 2.05) is 11.8 Å². The average molecular weight is 341 g/mol. The Labute approximate surface area is 145 Å². The molecule has 0 spiro atoms. The van der Waals surface area contributed by atoms with E-state index < -0.39 is 0 Å². The quantitative estimate of drug-likeness (QED) is 0.541. The number of hydrogen-bond donors (Lipinski definition) is 0. The monoisotopic (exact) mass is 340 g/mol. The molecule has 0 saturated heterocycles. The molecule has 0 aliphatic carbocycles. The summed E-state index contributed by atoms with van der Waals surface area (Å²) in [5.74, 6) is 2.33. The summed E-state index contributed by atoms with van der Waals surface area (Å²) in [5.41, 5.74) is 0.559. The van der Waals surface area contributed by atoms with Gasteiger partial charge in [-0.3, -0.25) is 0 Å². The smallest absolute Gasteiger partial charge is 0.147 e. The first kappa shape index (κ1) is 18.2. The molecule has 0 radical (unpaired) electrons. The number of thiophene rings is 1. The second-order valence-electron chi connectivity index (χ2n) is 7.05. The van der Waals surface area contributed by atoms with Crippen LogP contribution in [-0.2, 0) is 10.8 Å². The van der Waals surface area contributed by atoms with Crippen LogP contribution in [0.15, 0.2) is 4.90 Å². The zero-order valence-corrected chi connectivity index (χ0v) is 16.8. The molecule has 1 aliphatic rings. The van der Waals surface area contributed by atoms with Gasteiger partial charge < -0.3 is 4.74 Å². The molecule has 2 rings (SSSR count). The second kappa shape index (κ2) is 7.17. The van der Waals surface area contributed by atoms with Crippen LogP contribution in [0.5, 0.6) is 5.75 Å². The zero-order valence-electron chi connectivity index (χ0n) is 15.2. The van der Waals surface area contributed by atoms with Crippen LogP contribution < -0.4 is 4.74 Å². The lowest BCUT2D eigenvalue weighted by Gasteiger charge is -2.29. The third-order valence-corrected chi connectivity index (χ3v) is 8.60. The molecule has 0 saturated carbocycles. The normalized spacial score (nSPS) is 17.7. The van der Waals surface area contributed by atoms with Gasteiger partial charge in [-0.15, -0.1) is 23.1 Å². The number of fused-ring (bicyclic) bond motifs is 1. The molecule has 0 N–H and O–H groups in total. The summed E-state index contributed by atoms with van der Waals surface area (Å²) < 4.78 is 6.20. The summed E-state index contributed by atoms with van der Waals surface area (Å²) in [4.78, 5) is 4.57. The number of rotatable bonds is 7. The van der Waals surface area contributed by atoms with E-state index in [1.54, 1.807) is 4.88 Å². The van der Waals surface area contributed by atoms with E-state index in [0.717, 1.165) is 12.4 Å². The number of hydrogen-bond acceptors (Lipinski definition) is 3. The summed E-state index contributed by atoms with van der Waals surface area (Å²) in [5, 5.41) is 0. The van der Waals surface area contributed by atoms with Crippen molar-refractivity contribution < 1.29 is 4.74 Å². The van der Waals surface area contributed by atoms with E-state index >= 15 is 0 Å². The van der Waals surface area contributed by atoms with Gasteiger partial charge in [0.1, 0.15) is 5.75 Å². The fourth-order valence-electron chi connectivity index (χ4n) is 3.32. The highest BCUT2D eigenvalue weighted by Crippen LogP contribution is 2.55. The highest BCUT2D eigenvalue weighted by molar-refractivity contribution is 7.99. The van der Waals surface area contributed by atoms with Crippen molar-refractivity contribution in [3.8, 4) is 5.75 Å². The van der Waals surface area contributed by atoms with Crippen molar-refractivity contribution in [3.63, 3.8) is 0 Å². The molecule has 0 fully saturated rings. The lowest BCUT2D eigenvalue weighted by atomic mass is 9.80. The second-order valence-corrected chi connectivity index (χ2v) is 9.17. The Hall–Kier alpha value is -0.150. The SMILES string of the molecule is CCCC(C)(CC)c1sc(C(C)(CC)CC)c2c1OCCS2. The highest BCUT2D eigenvalue weighted by atomic mass is 32.2.